The molecule has 0 saturated heterocycles. The Balaban J connectivity index is 3.40. The monoisotopic (exact) mass is 227 g/mol. The summed E-state index contributed by atoms with van der Waals surface area (Å²) in [5.41, 5.74) is -1.57. The number of benzene rings is 1. The molecule has 0 saturated carbocycles. The molecule has 0 N–H and O–H groups in total. The number of aliphatic imine (C=N–C) groups is 1. The third kappa shape index (κ3) is 2.25. The molecule has 5 heteroatoms. The second kappa shape index (κ2) is 4.41. The van der Waals surface area contributed by atoms with Crippen LogP contribution in [0, 0.1) is 11.6 Å². The molecule has 86 valence electrons. The summed E-state index contributed by atoms with van der Waals surface area (Å²) in [6, 6.07) is 2.08. The normalized spacial score (nSPS) is 10.8. The van der Waals surface area contributed by atoms with Crippen molar-refractivity contribution in [1.29, 1.82) is 0 Å². The van der Waals surface area contributed by atoms with Crippen LogP contribution >= 0.6 is 0 Å². The first-order valence-corrected chi connectivity index (χ1v) is 4.55. The van der Waals surface area contributed by atoms with Gasteiger partial charge in [0.2, 0.25) is 6.08 Å². The van der Waals surface area contributed by atoms with E-state index in [2.05, 4.69) is 4.99 Å². The zero-order chi connectivity index (χ0) is 12.3. The Hall–Kier alpha value is -1.74. The lowest BCUT2D eigenvalue weighted by atomic mass is 9.94. The maximum atomic E-state index is 13.6. The topological polar surface area (TPSA) is 38.7 Å². The van der Waals surface area contributed by atoms with Crippen LogP contribution in [0.5, 0.6) is 5.75 Å². The predicted molar refractivity (Wildman–Crippen MR) is 54.1 cm³/mol. The first kappa shape index (κ1) is 12.3. The molecular weight excluding hydrogens is 216 g/mol. The van der Waals surface area contributed by atoms with E-state index in [0.29, 0.717) is 0 Å². The van der Waals surface area contributed by atoms with Gasteiger partial charge in [0.1, 0.15) is 17.4 Å². The van der Waals surface area contributed by atoms with Crippen molar-refractivity contribution in [1.82, 2.24) is 0 Å². The van der Waals surface area contributed by atoms with Gasteiger partial charge in [-0.15, -0.1) is 0 Å². The average molecular weight is 227 g/mol. The summed E-state index contributed by atoms with van der Waals surface area (Å²) in [5.74, 6) is -1.54. The molecule has 0 radical (unpaired) electrons. The van der Waals surface area contributed by atoms with Crippen LogP contribution in [0.4, 0.5) is 8.78 Å². The van der Waals surface area contributed by atoms with E-state index < -0.39 is 17.2 Å². The lowest BCUT2D eigenvalue weighted by molar-refractivity contribution is 0.398. The van der Waals surface area contributed by atoms with Crippen LogP contribution in [-0.4, -0.2) is 13.2 Å². The molecule has 0 unspecified atom stereocenters. The quantitative estimate of drug-likeness (QED) is 0.588. The Labute approximate surface area is 91.8 Å². The van der Waals surface area contributed by atoms with Gasteiger partial charge in [0.05, 0.1) is 18.2 Å². The largest absolute Gasteiger partial charge is 0.497 e. The molecule has 1 aromatic carbocycles. The van der Waals surface area contributed by atoms with E-state index in [0.717, 1.165) is 12.1 Å². The first-order chi connectivity index (χ1) is 7.42. The molecular formula is C11H11F2NO2. The maximum Gasteiger partial charge on any atom is 0.235 e. The number of carbonyl (C=O) groups excluding carboxylic acids is 1. The van der Waals surface area contributed by atoms with Crippen molar-refractivity contribution >= 4 is 6.08 Å². The van der Waals surface area contributed by atoms with Gasteiger partial charge in [0.15, 0.2) is 0 Å². The van der Waals surface area contributed by atoms with Crippen molar-refractivity contribution in [2.75, 3.05) is 7.11 Å². The van der Waals surface area contributed by atoms with Crippen molar-refractivity contribution < 1.29 is 18.3 Å². The fourth-order valence-corrected chi connectivity index (χ4v) is 1.42. The maximum absolute atomic E-state index is 13.6. The van der Waals surface area contributed by atoms with Crippen LogP contribution in [-0.2, 0) is 10.3 Å². The Morgan fingerprint density at radius 3 is 2.19 bits per heavy atom. The number of hydrogen-bond acceptors (Lipinski definition) is 3. The second-order valence-corrected chi connectivity index (χ2v) is 3.73. The molecule has 0 atom stereocenters. The van der Waals surface area contributed by atoms with E-state index >= 15 is 0 Å². The van der Waals surface area contributed by atoms with Crippen molar-refractivity contribution in [3.05, 3.63) is 29.3 Å². The molecule has 0 aliphatic rings. The summed E-state index contributed by atoms with van der Waals surface area (Å²) >= 11 is 0. The van der Waals surface area contributed by atoms with Crippen molar-refractivity contribution in [3.63, 3.8) is 0 Å². The van der Waals surface area contributed by atoms with Gasteiger partial charge in [0.25, 0.3) is 0 Å². The highest BCUT2D eigenvalue weighted by atomic mass is 19.1. The first-order valence-electron chi connectivity index (χ1n) is 4.55. The van der Waals surface area contributed by atoms with Gasteiger partial charge in [-0.1, -0.05) is 0 Å². The fraction of sp³-hybridized carbons (Fsp3) is 0.364. The zero-order valence-electron chi connectivity index (χ0n) is 9.17. The highest BCUT2D eigenvalue weighted by Crippen LogP contribution is 2.31. The minimum atomic E-state index is -1.29. The van der Waals surface area contributed by atoms with Gasteiger partial charge in [-0.05, 0) is 13.8 Å². The summed E-state index contributed by atoms with van der Waals surface area (Å²) in [4.78, 5) is 13.6. The summed E-state index contributed by atoms with van der Waals surface area (Å²) in [7, 11) is 1.31. The molecule has 0 bridgehead atoms. The minimum absolute atomic E-state index is 0.0737. The van der Waals surface area contributed by atoms with Crippen LogP contribution in [0.1, 0.15) is 19.4 Å². The highest BCUT2D eigenvalue weighted by molar-refractivity contribution is 5.40. The van der Waals surface area contributed by atoms with Crippen LogP contribution in [0.25, 0.3) is 0 Å². The molecule has 0 spiro atoms. The van der Waals surface area contributed by atoms with Crippen molar-refractivity contribution in [2.24, 2.45) is 4.99 Å². The molecule has 0 amide bonds. The van der Waals surface area contributed by atoms with Crippen LogP contribution in [0.3, 0.4) is 0 Å². The molecule has 16 heavy (non-hydrogen) atoms. The highest BCUT2D eigenvalue weighted by Gasteiger charge is 2.28. The number of hydrogen-bond donors (Lipinski definition) is 0. The Morgan fingerprint density at radius 1 is 1.31 bits per heavy atom. The molecule has 0 aliphatic heterocycles. The van der Waals surface area contributed by atoms with Gasteiger partial charge >= 0.3 is 0 Å². The number of ether oxygens (including phenoxy) is 1. The van der Waals surface area contributed by atoms with Crippen LogP contribution in [0.15, 0.2) is 17.1 Å². The molecule has 1 aromatic rings. The van der Waals surface area contributed by atoms with E-state index in [4.69, 9.17) is 4.74 Å². The lowest BCUT2D eigenvalue weighted by Gasteiger charge is -2.19. The smallest absolute Gasteiger partial charge is 0.235 e. The van der Waals surface area contributed by atoms with Crippen LogP contribution < -0.4 is 4.74 Å². The number of methoxy groups -OCH3 is 1. The Morgan fingerprint density at radius 2 is 1.81 bits per heavy atom. The molecule has 0 aliphatic carbocycles. The second-order valence-electron chi connectivity index (χ2n) is 3.73. The van der Waals surface area contributed by atoms with E-state index in [9.17, 15) is 13.6 Å². The zero-order valence-corrected chi connectivity index (χ0v) is 9.17. The average Bonchev–Trinajstić information content (AvgIpc) is 2.15. The third-order valence-corrected chi connectivity index (χ3v) is 2.19. The number of nitrogens with zero attached hydrogens (tertiary/aromatic N) is 1. The summed E-state index contributed by atoms with van der Waals surface area (Å²) in [6.07, 6.45) is 1.30. The fourth-order valence-electron chi connectivity index (χ4n) is 1.42. The molecule has 0 heterocycles. The van der Waals surface area contributed by atoms with E-state index in [1.165, 1.54) is 27.0 Å². The number of isocyanates is 1. The molecule has 0 fully saturated rings. The SMILES string of the molecule is COc1cc(F)c(C(C)(C)N=C=O)c(F)c1. The minimum Gasteiger partial charge on any atom is -0.497 e. The number of halogens is 2. The number of rotatable bonds is 3. The van der Waals surface area contributed by atoms with E-state index in [1.54, 1.807) is 0 Å². The summed E-state index contributed by atoms with van der Waals surface area (Å²) in [5, 5.41) is 0. The molecule has 3 nitrogen and oxygen atoms in total. The molecule has 1 rings (SSSR count). The Kier molecular flexibility index (Phi) is 3.40. The predicted octanol–water partition coefficient (Wildman–Crippen LogP) is 2.54. The van der Waals surface area contributed by atoms with Gasteiger partial charge in [0, 0.05) is 12.1 Å². The third-order valence-electron chi connectivity index (χ3n) is 2.19. The van der Waals surface area contributed by atoms with E-state index in [-0.39, 0.29) is 11.3 Å². The summed E-state index contributed by atoms with van der Waals surface area (Å²) < 4.78 is 31.9. The Bertz CT molecular complexity index is 428. The van der Waals surface area contributed by atoms with E-state index in [1.807, 2.05) is 0 Å². The standard InChI is InChI=1S/C11H11F2NO2/c1-11(2,14-6-15)10-8(12)4-7(16-3)5-9(10)13/h4-5H,1-3H3. The van der Waals surface area contributed by atoms with Crippen LogP contribution in [0.2, 0.25) is 0 Å². The van der Waals surface area contributed by atoms with Gasteiger partial charge in [-0.2, -0.15) is 4.99 Å². The summed E-state index contributed by atoms with van der Waals surface area (Å²) in [6.45, 7) is 2.84. The lowest BCUT2D eigenvalue weighted by Crippen LogP contribution is -2.18. The van der Waals surface area contributed by atoms with Crippen molar-refractivity contribution in [2.45, 2.75) is 19.4 Å². The molecule has 0 aromatic heterocycles. The van der Waals surface area contributed by atoms with Gasteiger partial charge < -0.3 is 4.74 Å². The van der Waals surface area contributed by atoms with Gasteiger partial charge in [-0.3, -0.25) is 0 Å². The van der Waals surface area contributed by atoms with Crippen molar-refractivity contribution in [3.8, 4) is 5.75 Å². The van der Waals surface area contributed by atoms with Gasteiger partial charge in [-0.25, -0.2) is 13.6 Å².